The number of piperidine rings is 1. The van der Waals surface area contributed by atoms with E-state index in [9.17, 15) is 9.59 Å². The van der Waals surface area contributed by atoms with E-state index in [1.807, 2.05) is 12.1 Å². The van der Waals surface area contributed by atoms with Crippen LogP contribution >= 0.6 is 0 Å². The molecule has 1 aliphatic carbocycles. The second-order valence-electron chi connectivity index (χ2n) is 8.75. The van der Waals surface area contributed by atoms with E-state index >= 15 is 0 Å². The summed E-state index contributed by atoms with van der Waals surface area (Å²) >= 11 is 0. The monoisotopic (exact) mass is 422 g/mol. The average molecular weight is 423 g/mol. The van der Waals surface area contributed by atoms with Gasteiger partial charge in [0.2, 0.25) is 0 Å². The molecule has 2 fully saturated rings. The van der Waals surface area contributed by atoms with Gasteiger partial charge in [0.05, 0.1) is 25.9 Å². The Morgan fingerprint density at radius 2 is 1.71 bits per heavy atom. The van der Waals surface area contributed by atoms with E-state index < -0.39 is 0 Å². The van der Waals surface area contributed by atoms with Crippen molar-refractivity contribution >= 4 is 23.2 Å². The molecule has 0 aromatic heterocycles. The molecule has 4 rings (SSSR count). The minimum Gasteiger partial charge on any atom is -0.495 e. The van der Waals surface area contributed by atoms with Gasteiger partial charge >= 0.3 is 0 Å². The SMILES string of the molecule is COc1ccccc1NC(=O)c1ccc(NC(=O)C[NH+]2CC[C@@H]3CCCC[C@@H]3C2)cc1. The number of para-hydroxylation sites is 2. The highest BCUT2D eigenvalue weighted by Crippen LogP contribution is 2.32. The first-order valence-electron chi connectivity index (χ1n) is 11.3. The number of fused-ring (bicyclic) bond motifs is 1. The zero-order valence-electron chi connectivity index (χ0n) is 18.2. The first-order chi connectivity index (χ1) is 15.1. The quantitative estimate of drug-likeness (QED) is 0.670. The molecule has 2 aromatic carbocycles. The molecule has 0 spiro atoms. The molecule has 2 amide bonds. The molecule has 3 N–H and O–H groups in total. The van der Waals surface area contributed by atoms with Gasteiger partial charge < -0.3 is 20.3 Å². The van der Waals surface area contributed by atoms with Crippen LogP contribution in [0.2, 0.25) is 0 Å². The molecule has 31 heavy (non-hydrogen) atoms. The van der Waals surface area contributed by atoms with Crippen LogP contribution in [0.25, 0.3) is 0 Å². The van der Waals surface area contributed by atoms with Crippen molar-refractivity contribution in [2.45, 2.75) is 32.1 Å². The van der Waals surface area contributed by atoms with E-state index in [-0.39, 0.29) is 11.8 Å². The molecule has 6 nitrogen and oxygen atoms in total. The number of amides is 2. The number of likely N-dealkylation sites (tertiary alicyclic amines) is 1. The third kappa shape index (κ3) is 5.44. The van der Waals surface area contributed by atoms with Gasteiger partial charge in [-0.15, -0.1) is 0 Å². The van der Waals surface area contributed by atoms with Crippen molar-refractivity contribution in [3.05, 3.63) is 54.1 Å². The number of hydrogen-bond acceptors (Lipinski definition) is 3. The zero-order valence-corrected chi connectivity index (χ0v) is 18.2. The molecular weight excluding hydrogens is 390 g/mol. The smallest absolute Gasteiger partial charge is 0.279 e. The Morgan fingerprint density at radius 3 is 2.48 bits per heavy atom. The third-order valence-corrected chi connectivity index (χ3v) is 6.68. The Balaban J connectivity index is 1.29. The molecule has 0 bridgehead atoms. The molecule has 164 valence electrons. The maximum Gasteiger partial charge on any atom is 0.279 e. The van der Waals surface area contributed by atoms with Gasteiger partial charge in [-0.25, -0.2) is 0 Å². The predicted octanol–water partition coefficient (Wildman–Crippen LogP) is 2.98. The van der Waals surface area contributed by atoms with Crippen molar-refractivity contribution in [3.63, 3.8) is 0 Å². The summed E-state index contributed by atoms with van der Waals surface area (Å²) in [5, 5.41) is 5.84. The number of carbonyl (C=O) groups is 2. The minimum atomic E-state index is -0.220. The van der Waals surface area contributed by atoms with Crippen molar-refractivity contribution in [1.82, 2.24) is 0 Å². The van der Waals surface area contributed by atoms with Crippen molar-refractivity contribution in [2.24, 2.45) is 11.8 Å². The van der Waals surface area contributed by atoms with E-state index in [4.69, 9.17) is 4.74 Å². The van der Waals surface area contributed by atoms with E-state index in [2.05, 4.69) is 10.6 Å². The van der Waals surface area contributed by atoms with Gasteiger partial charge in [-0.2, -0.15) is 0 Å². The number of benzene rings is 2. The summed E-state index contributed by atoms with van der Waals surface area (Å²) in [6.45, 7) is 2.73. The molecule has 1 unspecified atom stereocenters. The van der Waals surface area contributed by atoms with Crippen molar-refractivity contribution in [1.29, 1.82) is 0 Å². The van der Waals surface area contributed by atoms with Gasteiger partial charge in [0.25, 0.3) is 11.8 Å². The standard InChI is InChI=1S/C25H31N3O3/c1-31-23-9-5-4-8-22(23)27-25(30)19-10-12-21(13-11-19)26-24(29)17-28-15-14-18-6-2-3-7-20(18)16-28/h4-5,8-13,18,20H,2-3,6-7,14-17H2,1H3,(H,26,29)(H,27,30)/p+1/t18-,20+/m0/s1. The van der Waals surface area contributed by atoms with E-state index in [0.29, 0.717) is 29.2 Å². The summed E-state index contributed by atoms with van der Waals surface area (Å²) in [6, 6.07) is 14.3. The van der Waals surface area contributed by atoms with E-state index in [1.54, 1.807) is 43.5 Å². The lowest BCUT2D eigenvalue weighted by Crippen LogP contribution is -3.15. The molecule has 1 aliphatic heterocycles. The molecule has 1 saturated heterocycles. The Bertz CT molecular complexity index is 912. The second-order valence-corrected chi connectivity index (χ2v) is 8.75. The van der Waals surface area contributed by atoms with Crippen molar-refractivity contribution in [2.75, 3.05) is 37.4 Å². The fourth-order valence-corrected chi connectivity index (χ4v) is 5.04. The fourth-order valence-electron chi connectivity index (χ4n) is 5.04. The first kappa shape index (κ1) is 21.4. The van der Waals surface area contributed by atoms with Gasteiger partial charge in [-0.1, -0.05) is 25.0 Å². The highest BCUT2D eigenvalue weighted by Gasteiger charge is 2.34. The number of rotatable bonds is 6. The van der Waals surface area contributed by atoms with Gasteiger partial charge in [-0.3, -0.25) is 9.59 Å². The molecule has 2 aliphatic rings. The molecule has 6 heteroatoms. The topological polar surface area (TPSA) is 71.9 Å². The number of anilines is 2. The molecule has 2 aromatic rings. The molecule has 0 radical (unpaired) electrons. The Hall–Kier alpha value is -2.86. The maximum atomic E-state index is 12.5. The number of hydrogen-bond donors (Lipinski definition) is 3. The van der Waals surface area contributed by atoms with Crippen LogP contribution in [0.4, 0.5) is 11.4 Å². The lowest BCUT2D eigenvalue weighted by atomic mass is 9.75. The summed E-state index contributed by atoms with van der Waals surface area (Å²) in [7, 11) is 1.57. The van der Waals surface area contributed by atoms with Crippen molar-refractivity contribution < 1.29 is 19.2 Å². The van der Waals surface area contributed by atoms with Crippen LogP contribution in [0.3, 0.4) is 0 Å². The second kappa shape index (κ2) is 9.96. The van der Waals surface area contributed by atoms with E-state index in [0.717, 1.165) is 24.9 Å². The van der Waals surface area contributed by atoms with Gasteiger partial charge in [-0.05, 0) is 61.6 Å². The summed E-state index contributed by atoms with van der Waals surface area (Å²) in [6.07, 6.45) is 6.68. The predicted molar refractivity (Wildman–Crippen MR) is 122 cm³/mol. The summed E-state index contributed by atoms with van der Waals surface area (Å²) < 4.78 is 5.27. The van der Waals surface area contributed by atoms with Gasteiger partial charge in [0.15, 0.2) is 6.54 Å². The highest BCUT2D eigenvalue weighted by molar-refractivity contribution is 6.05. The summed E-state index contributed by atoms with van der Waals surface area (Å²) in [5.74, 6) is 2.11. The molecular formula is C25H32N3O3+. The van der Waals surface area contributed by atoms with E-state index in [1.165, 1.54) is 37.0 Å². The normalized spacial score (nSPS) is 22.8. The number of carbonyl (C=O) groups excluding carboxylic acids is 2. The van der Waals surface area contributed by atoms with Crippen molar-refractivity contribution in [3.8, 4) is 5.75 Å². The third-order valence-electron chi connectivity index (χ3n) is 6.68. The van der Waals surface area contributed by atoms with Gasteiger partial charge in [0.1, 0.15) is 5.75 Å². The Kier molecular flexibility index (Phi) is 6.87. The lowest BCUT2D eigenvalue weighted by Gasteiger charge is -2.38. The van der Waals surface area contributed by atoms with Crippen LogP contribution < -0.4 is 20.3 Å². The largest absolute Gasteiger partial charge is 0.495 e. The molecule has 1 heterocycles. The zero-order chi connectivity index (χ0) is 21.6. The molecule has 3 atom stereocenters. The Labute approximate surface area is 184 Å². The number of ether oxygens (including phenoxy) is 1. The minimum absolute atomic E-state index is 0.0375. The van der Waals surface area contributed by atoms with Gasteiger partial charge in [0, 0.05) is 17.2 Å². The van der Waals surface area contributed by atoms with Crippen LogP contribution in [0.1, 0.15) is 42.5 Å². The molecule has 1 saturated carbocycles. The number of quaternary nitrogens is 1. The average Bonchev–Trinajstić information content (AvgIpc) is 2.79. The summed E-state index contributed by atoms with van der Waals surface area (Å²) in [5.41, 5.74) is 1.86. The number of methoxy groups -OCH3 is 1. The van der Waals surface area contributed by atoms with Crippen LogP contribution in [-0.4, -0.2) is 38.6 Å². The van der Waals surface area contributed by atoms with Crippen LogP contribution in [0.5, 0.6) is 5.75 Å². The maximum absolute atomic E-state index is 12.5. The first-order valence-corrected chi connectivity index (χ1v) is 11.3. The fraction of sp³-hybridized carbons (Fsp3) is 0.440. The summed E-state index contributed by atoms with van der Waals surface area (Å²) in [4.78, 5) is 26.5. The Morgan fingerprint density at radius 1 is 0.968 bits per heavy atom. The number of nitrogens with one attached hydrogen (secondary N) is 3. The highest BCUT2D eigenvalue weighted by atomic mass is 16.5. The van der Waals surface area contributed by atoms with Crippen LogP contribution in [0.15, 0.2) is 48.5 Å². The lowest BCUT2D eigenvalue weighted by molar-refractivity contribution is -0.902. The van der Waals surface area contributed by atoms with Crippen LogP contribution in [-0.2, 0) is 4.79 Å². The van der Waals surface area contributed by atoms with Crippen LogP contribution in [0, 0.1) is 11.8 Å².